The largest absolute Gasteiger partial charge is 0.325 e. The van der Waals surface area contributed by atoms with E-state index in [4.69, 9.17) is 0 Å². The van der Waals surface area contributed by atoms with E-state index in [0.29, 0.717) is 16.4 Å². The molecular weight excluding hydrogens is 424 g/mol. The first kappa shape index (κ1) is 23.5. The molecule has 0 unspecified atom stereocenters. The predicted octanol–water partition coefficient (Wildman–Crippen LogP) is 3.64. The van der Waals surface area contributed by atoms with E-state index in [2.05, 4.69) is 45.6 Å². The normalized spacial score (nSPS) is 10.9. The number of nitrogens with one attached hydrogen (secondary N) is 2. The Kier molecular flexibility index (Phi) is 8.41. The molecule has 32 heavy (non-hydrogen) atoms. The molecule has 0 aliphatic carbocycles. The molecule has 0 spiro atoms. The van der Waals surface area contributed by atoms with Gasteiger partial charge >= 0.3 is 0 Å². The fraction of sp³-hybridized carbons (Fsp3) is 0.304. The van der Waals surface area contributed by atoms with Gasteiger partial charge < -0.3 is 15.2 Å². The zero-order valence-corrected chi connectivity index (χ0v) is 19.4. The second kappa shape index (κ2) is 11.4. The Hall–Kier alpha value is -3.17. The molecule has 168 valence electrons. The summed E-state index contributed by atoms with van der Waals surface area (Å²) >= 11 is 1.30. The number of carbonyl (C=O) groups excluding carboxylic acids is 2. The van der Waals surface area contributed by atoms with Crippen LogP contribution in [0.25, 0.3) is 0 Å². The third-order valence-electron chi connectivity index (χ3n) is 4.90. The fourth-order valence-corrected chi connectivity index (χ4v) is 3.81. The standard InChI is InChI=1S/C23H28N6O2S/c1-4-29(5-2)14-17-8-6-10-19(12-17)26-22(31)18-9-7-11-20(13-18)25-21(30)15-32-23-27-24-16-28(23)3/h6-13,16H,4-5,14-15H2,1-3H3,(H,25,30)(H,26,31). The Labute approximate surface area is 192 Å². The van der Waals surface area contributed by atoms with Gasteiger partial charge in [0.05, 0.1) is 5.75 Å². The molecule has 0 radical (unpaired) electrons. The third kappa shape index (κ3) is 6.66. The quantitative estimate of drug-likeness (QED) is 0.456. The molecule has 0 fully saturated rings. The topological polar surface area (TPSA) is 92.2 Å². The second-order valence-electron chi connectivity index (χ2n) is 7.26. The molecule has 0 bridgehead atoms. The van der Waals surface area contributed by atoms with Gasteiger partial charge in [0.1, 0.15) is 6.33 Å². The van der Waals surface area contributed by atoms with Crippen molar-refractivity contribution in [2.24, 2.45) is 7.05 Å². The van der Waals surface area contributed by atoms with Crippen molar-refractivity contribution in [3.63, 3.8) is 0 Å². The van der Waals surface area contributed by atoms with Crippen molar-refractivity contribution in [3.8, 4) is 0 Å². The van der Waals surface area contributed by atoms with E-state index in [1.165, 1.54) is 11.8 Å². The number of thioether (sulfide) groups is 1. The molecular formula is C23H28N6O2S. The lowest BCUT2D eigenvalue weighted by Crippen LogP contribution is -2.22. The predicted molar refractivity (Wildman–Crippen MR) is 128 cm³/mol. The monoisotopic (exact) mass is 452 g/mol. The van der Waals surface area contributed by atoms with Crippen LogP contribution in [0.5, 0.6) is 0 Å². The van der Waals surface area contributed by atoms with Gasteiger partial charge in [-0.1, -0.05) is 43.8 Å². The number of hydrogen-bond acceptors (Lipinski definition) is 6. The average molecular weight is 453 g/mol. The van der Waals surface area contributed by atoms with Crippen LogP contribution in [0, 0.1) is 0 Å². The Morgan fingerprint density at radius 3 is 2.44 bits per heavy atom. The first-order valence-electron chi connectivity index (χ1n) is 10.5. The van der Waals surface area contributed by atoms with Gasteiger partial charge in [-0.15, -0.1) is 10.2 Å². The Bertz CT molecular complexity index is 1060. The molecule has 0 aliphatic heterocycles. The SMILES string of the molecule is CCN(CC)Cc1cccc(NC(=O)c2cccc(NC(=O)CSc3nncn3C)c2)c1. The number of aryl methyl sites for hydroxylation is 1. The molecule has 3 rings (SSSR count). The maximum atomic E-state index is 12.8. The number of nitrogens with zero attached hydrogens (tertiary/aromatic N) is 4. The zero-order chi connectivity index (χ0) is 22.9. The summed E-state index contributed by atoms with van der Waals surface area (Å²) in [7, 11) is 1.82. The highest BCUT2D eigenvalue weighted by molar-refractivity contribution is 7.99. The van der Waals surface area contributed by atoms with E-state index < -0.39 is 0 Å². The average Bonchev–Trinajstić information content (AvgIpc) is 3.21. The van der Waals surface area contributed by atoms with E-state index in [0.717, 1.165) is 30.9 Å². The van der Waals surface area contributed by atoms with Crippen molar-refractivity contribution >= 4 is 35.0 Å². The van der Waals surface area contributed by atoms with Gasteiger partial charge in [-0.05, 0) is 49.0 Å². The van der Waals surface area contributed by atoms with Gasteiger partial charge in [-0.3, -0.25) is 14.5 Å². The smallest absolute Gasteiger partial charge is 0.255 e. The van der Waals surface area contributed by atoms with Gasteiger partial charge in [-0.2, -0.15) is 0 Å². The van der Waals surface area contributed by atoms with Crippen molar-refractivity contribution < 1.29 is 9.59 Å². The van der Waals surface area contributed by atoms with Crippen molar-refractivity contribution in [1.29, 1.82) is 0 Å². The van der Waals surface area contributed by atoms with Gasteiger partial charge in [0.15, 0.2) is 5.16 Å². The molecule has 0 saturated carbocycles. The van der Waals surface area contributed by atoms with Crippen LogP contribution in [0.2, 0.25) is 0 Å². The van der Waals surface area contributed by atoms with Crippen molar-refractivity contribution in [2.45, 2.75) is 25.5 Å². The first-order chi connectivity index (χ1) is 15.5. The highest BCUT2D eigenvalue weighted by Crippen LogP contribution is 2.17. The van der Waals surface area contributed by atoms with Crippen LogP contribution in [-0.4, -0.2) is 50.3 Å². The van der Waals surface area contributed by atoms with Crippen LogP contribution in [0.1, 0.15) is 29.8 Å². The molecule has 2 N–H and O–H groups in total. The Balaban J connectivity index is 1.59. The van der Waals surface area contributed by atoms with Gasteiger partial charge in [0, 0.05) is 30.5 Å². The van der Waals surface area contributed by atoms with Crippen LogP contribution in [0.4, 0.5) is 11.4 Å². The Morgan fingerprint density at radius 2 is 1.75 bits per heavy atom. The summed E-state index contributed by atoms with van der Waals surface area (Å²) in [4.78, 5) is 27.3. The molecule has 0 saturated heterocycles. The molecule has 2 amide bonds. The Morgan fingerprint density at radius 1 is 1.03 bits per heavy atom. The number of benzene rings is 2. The maximum absolute atomic E-state index is 12.8. The summed E-state index contributed by atoms with van der Waals surface area (Å²) in [6, 6.07) is 14.8. The number of carbonyl (C=O) groups is 2. The minimum absolute atomic E-state index is 0.181. The second-order valence-corrected chi connectivity index (χ2v) is 8.20. The minimum Gasteiger partial charge on any atom is -0.325 e. The molecule has 0 atom stereocenters. The van der Waals surface area contributed by atoms with Crippen LogP contribution < -0.4 is 10.6 Å². The molecule has 3 aromatic rings. The van der Waals surface area contributed by atoms with Gasteiger partial charge in [0.2, 0.25) is 5.91 Å². The summed E-state index contributed by atoms with van der Waals surface area (Å²) < 4.78 is 1.75. The molecule has 8 nitrogen and oxygen atoms in total. The minimum atomic E-state index is -0.227. The lowest BCUT2D eigenvalue weighted by atomic mass is 10.1. The highest BCUT2D eigenvalue weighted by atomic mass is 32.2. The van der Waals surface area contributed by atoms with Crippen molar-refractivity contribution in [1.82, 2.24) is 19.7 Å². The van der Waals surface area contributed by atoms with Gasteiger partial charge in [-0.25, -0.2) is 0 Å². The lowest BCUT2D eigenvalue weighted by molar-refractivity contribution is -0.113. The number of amides is 2. The van der Waals surface area contributed by atoms with Crippen LogP contribution >= 0.6 is 11.8 Å². The number of rotatable bonds is 10. The third-order valence-corrected chi connectivity index (χ3v) is 5.93. The number of hydrogen-bond donors (Lipinski definition) is 2. The summed E-state index contributed by atoms with van der Waals surface area (Å²) in [6.07, 6.45) is 1.58. The van der Waals surface area contributed by atoms with Crippen LogP contribution in [0.15, 0.2) is 60.0 Å². The van der Waals surface area contributed by atoms with Crippen LogP contribution in [-0.2, 0) is 18.4 Å². The number of aromatic nitrogens is 3. The first-order valence-corrected chi connectivity index (χ1v) is 11.5. The molecule has 2 aromatic carbocycles. The van der Waals surface area contributed by atoms with Crippen LogP contribution in [0.3, 0.4) is 0 Å². The van der Waals surface area contributed by atoms with E-state index in [1.54, 1.807) is 35.2 Å². The van der Waals surface area contributed by atoms with Crippen molar-refractivity contribution in [2.75, 3.05) is 29.5 Å². The summed E-state index contributed by atoms with van der Waals surface area (Å²) in [5, 5.41) is 14.2. The molecule has 0 aliphatic rings. The maximum Gasteiger partial charge on any atom is 0.255 e. The van der Waals surface area contributed by atoms with E-state index in [9.17, 15) is 9.59 Å². The molecule has 1 heterocycles. The summed E-state index contributed by atoms with van der Waals surface area (Å²) in [6.45, 7) is 7.06. The van der Waals surface area contributed by atoms with Gasteiger partial charge in [0.25, 0.3) is 5.91 Å². The van der Waals surface area contributed by atoms with E-state index >= 15 is 0 Å². The highest BCUT2D eigenvalue weighted by Gasteiger charge is 2.11. The zero-order valence-electron chi connectivity index (χ0n) is 18.5. The molecule has 9 heteroatoms. The number of anilines is 2. The molecule has 1 aromatic heterocycles. The van der Waals surface area contributed by atoms with E-state index in [-0.39, 0.29) is 17.6 Å². The van der Waals surface area contributed by atoms with E-state index in [1.807, 2.05) is 25.2 Å². The summed E-state index contributed by atoms with van der Waals surface area (Å²) in [5.74, 6) is -0.211. The summed E-state index contributed by atoms with van der Waals surface area (Å²) in [5.41, 5.74) is 2.93. The fourth-order valence-electron chi connectivity index (χ4n) is 3.12. The lowest BCUT2D eigenvalue weighted by Gasteiger charge is -2.18. The van der Waals surface area contributed by atoms with Crippen molar-refractivity contribution in [3.05, 3.63) is 66.0 Å².